The van der Waals surface area contributed by atoms with E-state index in [2.05, 4.69) is 29.6 Å². The van der Waals surface area contributed by atoms with Crippen LogP contribution in [0.25, 0.3) is 0 Å². The molecule has 1 aromatic rings. The van der Waals surface area contributed by atoms with Gasteiger partial charge in [-0.05, 0) is 55.2 Å². The number of rotatable bonds is 2. The van der Waals surface area contributed by atoms with Crippen LogP contribution in [0.2, 0.25) is 0 Å². The molecule has 0 bridgehead atoms. The van der Waals surface area contributed by atoms with Gasteiger partial charge in [-0.15, -0.1) is 0 Å². The molecule has 1 atom stereocenters. The molecule has 2 aliphatic rings. The highest BCUT2D eigenvalue weighted by molar-refractivity contribution is 5.31. The molecule has 1 aliphatic heterocycles. The van der Waals surface area contributed by atoms with Crippen LogP contribution < -0.4 is 5.32 Å². The van der Waals surface area contributed by atoms with Crippen LogP contribution in [0.3, 0.4) is 0 Å². The Morgan fingerprint density at radius 3 is 2.47 bits per heavy atom. The van der Waals surface area contributed by atoms with Crippen LogP contribution in [0.15, 0.2) is 24.3 Å². The fourth-order valence-corrected chi connectivity index (χ4v) is 2.62. The summed E-state index contributed by atoms with van der Waals surface area (Å²) in [4.78, 5) is 0. The second-order valence-corrected chi connectivity index (χ2v) is 4.99. The van der Waals surface area contributed by atoms with Gasteiger partial charge >= 0.3 is 0 Å². The maximum absolute atomic E-state index is 3.50. The summed E-state index contributed by atoms with van der Waals surface area (Å²) < 4.78 is 0. The van der Waals surface area contributed by atoms with Gasteiger partial charge in [-0.2, -0.15) is 0 Å². The molecule has 80 valence electrons. The molecule has 3 rings (SSSR count). The van der Waals surface area contributed by atoms with Crippen molar-refractivity contribution in [3.8, 4) is 0 Å². The smallest absolute Gasteiger partial charge is 0.00201 e. The average Bonchev–Trinajstić information content (AvgIpc) is 3.14. The molecular formula is C14H19N. The Labute approximate surface area is 91.9 Å². The van der Waals surface area contributed by atoms with Crippen LogP contribution in [-0.2, 0) is 0 Å². The van der Waals surface area contributed by atoms with E-state index in [0.29, 0.717) is 0 Å². The average molecular weight is 201 g/mol. The Morgan fingerprint density at radius 2 is 1.80 bits per heavy atom. The van der Waals surface area contributed by atoms with E-state index in [1.54, 1.807) is 11.1 Å². The van der Waals surface area contributed by atoms with E-state index < -0.39 is 0 Å². The van der Waals surface area contributed by atoms with Gasteiger partial charge in [-0.3, -0.25) is 0 Å². The summed E-state index contributed by atoms with van der Waals surface area (Å²) in [6.45, 7) is 2.38. The summed E-state index contributed by atoms with van der Waals surface area (Å²) in [5, 5.41) is 3.50. The molecule has 1 aromatic carbocycles. The molecule has 0 radical (unpaired) electrons. The van der Waals surface area contributed by atoms with Crippen molar-refractivity contribution in [2.45, 2.75) is 37.5 Å². The topological polar surface area (TPSA) is 12.0 Å². The van der Waals surface area contributed by atoms with Crippen molar-refractivity contribution in [2.24, 2.45) is 0 Å². The maximum atomic E-state index is 3.50. The Morgan fingerprint density at radius 1 is 1.00 bits per heavy atom. The number of hydrogen-bond acceptors (Lipinski definition) is 1. The zero-order valence-corrected chi connectivity index (χ0v) is 9.21. The molecule has 0 amide bonds. The molecule has 1 heteroatoms. The number of benzene rings is 1. The van der Waals surface area contributed by atoms with Gasteiger partial charge in [0.1, 0.15) is 0 Å². The standard InChI is InChI=1S/C14H19N/c1-3-12(11-6-7-11)9-13(4-1)14-5-2-8-15-10-14/h1,3-4,9,11,14-15H,2,5-8,10H2. The minimum absolute atomic E-state index is 0.762. The molecule has 2 fully saturated rings. The van der Waals surface area contributed by atoms with Gasteiger partial charge in [0, 0.05) is 6.54 Å². The van der Waals surface area contributed by atoms with Crippen LogP contribution in [-0.4, -0.2) is 13.1 Å². The third kappa shape index (κ3) is 2.07. The Bertz CT molecular complexity index is 335. The second kappa shape index (κ2) is 3.97. The molecular weight excluding hydrogens is 182 g/mol. The minimum Gasteiger partial charge on any atom is -0.316 e. The zero-order chi connectivity index (χ0) is 10.1. The van der Waals surface area contributed by atoms with Gasteiger partial charge in [0.2, 0.25) is 0 Å². The molecule has 1 N–H and O–H groups in total. The molecule has 1 unspecified atom stereocenters. The lowest BCUT2D eigenvalue weighted by Gasteiger charge is -2.23. The molecule has 1 saturated carbocycles. The van der Waals surface area contributed by atoms with E-state index >= 15 is 0 Å². The van der Waals surface area contributed by atoms with Gasteiger partial charge in [-0.1, -0.05) is 24.3 Å². The lowest BCUT2D eigenvalue weighted by atomic mass is 9.90. The van der Waals surface area contributed by atoms with Crippen LogP contribution in [0, 0.1) is 0 Å². The minimum atomic E-state index is 0.762. The Balaban J connectivity index is 1.80. The van der Waals surface area contributed by atoms with Crippen molar-refractivity contribution < 1.29 is 0 Å². The van der Waals surface area contributed by atoms with E-state index in [9.17, 15) is 0 Å². The van der Waals surface area contributed by atoms with E-state index in [4.69, 9.17) is 0 Å². The van der Waals surface area contributed by atoms with Gasteiger partial charge < -0.3 is 5.32 Å². The molecule has 15 heavy (non-hydrogen) atoms. The lowest BCUT2D eigenvalue weighted by molar-refractivity contribution is 0.461. The largest absolute Gasteiger partial charge is 0.316 e. The summed E-state index contributed by atoms with van der Waals surface area (Å²) in [6, 6.07) is 9.31. The number of piperidine rings is 1. The van der Waals surface area contributed by atoms with Crippen molar-refractivity contribution in [3.63, 3.8) is 0 Å². The first-order chi connectivity index (χ1) is 7.43. The predicted octanol–water partition coefficient (Wildman–Crippen LogP) is 3.03. The lowest BCUT2D eigenvalue weighted by Crippen LogP contribution is -2.28. The van der Waals surface area contributed by atoms with E-state index in [0.717, 1.165) is 11.8 Å². The fourth-order valence-electron chi connectivity index (χ4n) is 2.62. The predicted molar refractivity (Wildman–Crippen MR) is 63.3 cm³/mol. The molecule has 1 nitrogen and oxygen atoms in total. The summed E-state index contributed by atoms with van der Waals surface area (Å²) in [6.07, 6.45) is 5.51. The first kappa shape index (κ1) is 9.41. The van der Waals surface area contributed by atoms with Gasteiger partial charge in [0.15, 0.2) is 0 Å². The third-order valence-electron chi connectivity index (χ3n) is 3.73. The molecule has 1 saturated heterocycles. The molecule has 0 aromatic heterocycles. The van der Waals surface area contributed by atoms with Crippen LogP contribution in [0.4, 0.5) is 0 Å². The SMILES string of the molecule is c1cc(C2CC2)cc(C2CCCNC2)c1. The Kier molecular flexibility index (Phi) is 2.49. The normalized spacial score (nSPS) is 26.5. The highest BCUT2D eigenvalue weighted by Crippen LogP contribution is 2.40. The van der Waals surface area contributed by atoms with Gasteiger partial charge in [0.05, 0.1) is 0 Å². The summed E-state index contributed by atoms with van der Waals surface area (Å²) >= 11 is 0. The second-order valence-electron chi connectivity index (χ2n) is 4.99. The summed E-state index contributed by atoms with van der Waals surface area (Å²) in [7, 11) is 0. The first-order valence-electron chi connectivity index (χ1n) is 6.24. The van der Waals surface area contributed by atoms with Gasteiger partial charge in [0.25, 0.3) is 0 Å². The number of nitrogens with one attached hydrogen (secondary N) is 1. The number of hydrogen-bond donors (Lipinski definition) is 1. The van der Waals surface area contributed by atoms with Crippen molar-refractivity contribution in [1.29, 1.82) is 0 Å². The molecule has 1 heterocycles. The third-order valence-corrected chi connectivity index (χ3v) is 3.73. The van der Waals surface area contributed by atoms with Crippen LogP contribution >= 0.6 is 0 Å². The highest BCUT2D eigenvalue weighted by Gasteiger charge is 2.24. The molecule has 1 aliphatic carbocycles. The first-order valence-corrected chi connectivity index (χ1v) is 6.24. The van der Waals surface area contributed by atoms with Crippen molar-refractivity contribution in [1.82, 2.24) is 5.32 Å². The summed E-state index contributed by atoms with van der Waals surface area (Å²) in [5.74, 6) is 1.65. The maximum Gasteiger partial charge on any atom is 0.00201 e. The quantitative estimate of drug-likeness (QED) is 0.775. The van der Waals surface area contributed by atoms with Gasteiger partial charge in [-0.25, -0.2) is 0 Å². The van der Waals surface area contributed by atoms with Crippen molar-refractivity contribution >= 4 is 0 Å². The zero-order valence-electron chi connectivity index (χ0n) is 9.21. The highest BCUT2D eigenvalue weighted by atomic mass is 14.9. The van der Waals surface area contributed by atoms with E-state index in [-0.39, 0.29) is 0 Å². The van der Waals surface area contributed by atoms with Crippen LogP contribution in [0.5, 0.6) is 0 Å². The van der Waals surface area contributed by atoms with Crippen molar-refractivity contribution in [3.05, 3.63) is 35.4 Å². The Hall–Kier alpha value is -0.820. The van der Waals surface area contributed by atoms with E-state index in [1.807, 2.05) is 0 Å². The van der Waals surface area contributed by atoms with Crippen molar-refractivity contribution in [2.75, 3.05) is 13.1 Å². The molecule has 0 spiro atoms. The fraction of sp³-hybridized carbons (Fsp3) is 0.571. The van der Waals surface area contributed by atoms with Crippen LogP contribution in [0.1, 0.15) is 48.6 Å². The van der Waals surface area contributed by atoms with E-state index in [1.165, 1.54) is 38.8 Å². The summed E-state index contributed by atoms with van der Waals surface area (Å²) in [5.41, 5.74) is 3.14. The monoisotopic (exact) mass is 201 g/mol.